The molecule has 0 heterocycles. The first-order chi connectivity index (χ1) is 13.9. The minimum atomic E-state index is -0.292. The molecule has 2 amide bonds. The second-order valence-corrected chi connectivity index (χ2v) is 7.13. The van der Waals surface area contributed by atoms with E-state index >= 15 is 0 Å². The summed E-state index contributed by atoms with van der Waals surface area (Å²) in [5.74, 6) is 1.13. The van der Waals surface area contributed by atoms with Gasteiger partial charge in [0.05, 0.1) is 7.11 Å². The number of hydrogen-bond donors (Lipinski definition) is 3. The van der Waals surface area contributed by atoms with Gasteiger partial charge in [0.1, 0.15) is 11.5 Å². The summed E-state index contributed by atoms with van der Waals surface area (Å²) < 4.78 is 10.6. The van der Waals surface area contributed by atoms with Gasteiger partial charge in [-0.15, -0.1) is 0 Å². The Morgan fingerprint density at radius 2 is 1.79 bits per heavy atom. The predicted molar refractivity (Wildman–Crippen MR) is 113 cm³/mol. The Morgan fingerprint density at radius 3 is 2.41 bits per heavy atom. The fourth-order valence-electron chi connectivity index (χ4n) is 2.80. The van der Waals surface area contributed by atoms with Crippen molar-refractivity contribution in [2.45, 2.75) is 26.3 Å². The molecule has 0 aliphatic rings. The smallest absolute Gasteiger partial charge is 0.262 e. The zero-order chi connectivity index (χ0) is 21.2. The molecule has 29 heavy (non-hydrogen) atoms. The maximum absolute atomic E-state index is 12.3. The van der Waals surface area contributed by atoms with Crippen molar-refractivity contribution in [1.82, 2.24) is 5.32 Å². The number of ether oxygens (including phenoxy) is 2. The van der Waals surface area contributed by atoms with Crippen LogP contribution >= 0.6 is 0 Å². The third-order valence-electron chi connectivity index (χ3n) is 4.22. The van der Waals surface area contributed by atoms with Gasteiger partial charge in [0, 0.05) is 29.9 Å². The zero-order valence-corrected chi connectivity index (χ0v) is 17.1. The van der Waals surface area contributed by atoms with Gasteiger partial charge in [0.25, 0.3) is 11.8 Å². The normalized spacial score (nSPS) is 11.6. The van der Waals surface area contributed by atoms with Gasteiger partial charge in [0.15, 0.2) is 6.61 Å². The van der Waals surface area contributed by atoms with E-state index < -0.39 is 0 Å². The summed E-state index contributed by atoms with van der Waals surface area (Å²) in [4.78, 5) is 24.4. The highest BCUT2D eigenvalue weighted by molar-refractivity contribution is 5.94. The van der Waals surface area contributed by atoms with E-state index in [-0.39, 0.29) is 24.5 Å². The van der Waals surface area contributed by atoms with Gasteiger partial charge in [-0.05, 0) is 48.7 Å². The summed E-state index contributed by atoms with van der Waals surface area (Å²) in [7, 11) is 1.56. The minimum absolute atomic E-state index is 0.0567. The molecule has 0 aromatic heterocycles. The van der Waals surface area contributed by atoms with Crippen LogP contribution in [0.25, 0.3) is 0 Å². The molecule has 2 rings (SSSR count). The Labute approximate surface area is 171 Å². The van der Waals surface area contributed by atoms with E-state index in [9.17, 15) is 9.59 Å². The number of methoxy groups -OCH3 is 1. The number of rotatable bonds is 10. The zero-order valence-electron chi connectivity index (χ0n) is 17.1. The van der Waals surface area contributed by atoms with Crippen LogP contribution in [0.1, 0.15) is 30.6 Å². The van der Waals surface area contributed by atoms with Crippen LogP contribution in [-0.2, 0) is 4.79 Å². The molecule has 0 radical (unpaired) electrons. The molecule has 0 spiro atoms. The summed E-state index contributed by atoms with van der Waals surface area (Å²) in [6, 6.07) is 13.7. The Morgan fingerprint density at radius 1 is 1.07 bits per heavy atom. The molecular formula is C22H29N3O4. The predicted octanol–water partition coefficient (Wildman–Crippen LogP) is 2.82. The lowest BCUT2D eigenvalue weighted by atomic mass is 10.0. The Kier molecular flexibility index (Phi) is 8.48. The average molecular weight is 399 g/mol. The molecular weight excluding hydrogens is 370 g/mol. The lowest BCUT2D eigenvalue weighted by Crippen LogP contribution is -2.41. The minimum Gasteiger partial charge on any atom is -0.497 e. The van der Waals surface area contributed by atoms with Crippen molar-refractivity contribution in [1.29, 1.82) is 0 Å². The highest BCUT2D eigenvalue weighted by Gasteiger charge is 2.14. The molecule has 2 aromatic rings. The van der Waals surface area contributed by atoms with Crippen LogP contribution in [0.4, 0.5) is 5.69 Å². The van der Waals surface area contributed by atoms with Gasteiger partial charge in [-0.3, -0.25) is 9.59 Å². The van der Waals surface area contributed by atoms with Crippen molar-refractivity contribution < 1.29 is 19.1 Å². The number of nitrogens with one attached hydrogen (secondary N) is 2. The number of hydrogen-bond acceptors (Lipinski definition) is 5. The molecule has 156 valence electrons. The molecule has 4 N–H and O–H groups in total. The Bertz CT molecular complexity index is 806. The summed E-state index contributed by atoms with van der Waals surface area (Å²) in [5, 5.41) is 5.68. The molecule has 0 fully saturated rings. The quantitative estimate of drug-likeness (QED) is 0.570. The fourth-order valence-corrected chi connectivity index (χ4v) is 2.80. The largest absolute Gasteiger partial charge is 0.497 e. The lowest BCUT2D eigenvalue weighted by Gasteiger charge is -2.18. The van der Waals surface area contributed by atoms with Gasteiger partial charge < -0.3 is 25.8 Å². The van der Waals surface area contributed by atoms with Gasteiger partial charge in [0.2, 0.25) is 0 Å². The van der Waals surface area contributed by atoms with Crippen LogP contribution in [-0.4, -0.2) is 38.1 Å². The number of anilines is 1. The van der Waals surface area contributed by atoms with E-state index in [0.29, 0.717) is 35.2 Å². The highest BCUT2D eigenvalue weighted by atomic mass is 16.5. The first-order valence-electron chi connectivity index (χ1n) is 9.59. The second-order valence-electron chi connectivity index (χ2n) is 7.13. The van der Waals surface area contributed by atoms with Crippen LogP contribution in [0.5, 0.6) is 11.5 Å². The van der Waals surface area contributed by atoms with E-state index in [0.717, 1.165) is 6.42 Å². The molecule has 1 atom stereocenters. The van der Waals surface area contributed by atoms with Crippen LogP contribution < -0.4 is 25.8 Å². The highest BCUT2D eigenvalue weighted by Crippen LogP contribution is 2.17. The third-order valence-corrected chi connectivity index (χ3v) is 4.22. The van der Waals surface area contributed by atoms with E-state index in [2.05, 4.69) is 24.5 Å². The summed E-state index contributed by atoms with van der Waals surface area (Å²) in [6.45, 7) is 4.43. The number of benzene rings is 2. The molecule has 7 heteroatoms. The molecule has 0 aliphatic heterocycles. The van der Waals surface area contributed by atoms with Crippen LogP contribution in [0.3, 0.4) is 0 Å². The van der Waals surface area contributed by atoms with Gasteiger partial charge >= 0.3 is 0 Å². The van der Waals surface area contributed by atoms with Crippen molar-refractivity contribution in [2.24, 2.45) is 11.7 Å². The van der Waals surface area contributed by atoms with Crippen molar-refractivity contribution in [3.05, 3.63) is 54.1 Å². The van der Waals surface area contributed by atoms with Crippen LogP contribution in [0.2, 0.25) is 0 Å². The average Bonchev–Trinajstić information content (AvgIpc) is 2.71. The fraction of sp³-hybridized carbons (Fsp3) is 0.364. The number of carbonyl (C=O) groups is 2. The van der Waals surface area contributed by atoms with Gasteiger partial charge in [-0.1, -0.05) is 19.9 Å². The van der Waals surface area contributed by atoms with Crippen LogP contribution in [0, 0.1) is 5.92 Å². The molecule has 0 bridgehead atoms. The lowest BCUT2D eigenvalue weighted by molar-refractivity contribution is -0.118. The maximum atomic E-state index is 12.3. The maximum Gasteiger partial charge on any atom is 0.262 e. The van der Waals surface area contributed by atoms with E-state index in [1.165, 1.54) is 0 Å². The topological polar surface area (TPSA) is 103 Å². The van der Waals surface area contributed by atoms with E-state index in [1.807, 2.05) is 0 Å². The monoisotopic (exact) mass is 399 g/mol. The van der Waals surface area contributed by atoms with Crippen molar-refractivity contribution in [2.75, 3.05) is 25.6 Å². The first kappa shape index (κ1) is 22.2. The SMILES string of the molecule is COc1cccc(NC(=O)COc2ccc(C(=O)NC(CN)CC(C)C)cc2)c1. The number of nitrogens with two attached hydrogens (primary N) is 1. The second kappa shape index (κ2) is 11.1. The first-order valence-corrected chi connectivity index (χ1v) is 9.59. The summed E-state index contributed by atoms with van der Waals surface area (Å²) in [6.07, 6.45) is 0.825. The molecule has 0 saturated heterocycles. The third kappa shape index (κ3) is 7.46. The summed E-state index contributed by atoms with van der Waals surface area (Å²) >= 11 is 0. The number of amides is 2. The van der Waals surface area contributed by atoms with Crippen LogP contribution in [0.15, 0.2) is 48.5 Å². The molecule has 0 saturated carbocycles. The summed E-state index contributed by atoms with van der Waals surface area (Å²) in [5.41, 5.74) is 6.87. The van der Waals surface area contributed by atoms with Crippen molar-refractivity contribution in [3.63, 3.8) is 0 Å². The van der Waals surface area contributed by atoms with Gasteiger partial charge in [-0.2, -0.15) is 0 Å². The van der Waals surface area contributed by atoms with E-state index in [1.54, 1.807) is 55.6 Å². The van der Waals surface area contributed by atoms with Crippen molar-refractivity contribution in [3.8, 4) is 11.5 Å². The van der Waals surface area contributed by atoms with E-state index in [4.69, 9.17) is 15.2 Å². The molecule has 2 aromatic carbocycles. The Hall–Kier alpha value is -3.06. The Balaban J connectivity index is 1.85. The standard InChI is InChI=1S/C22H29N3O4/c1-15(2)11-18(13-23)25-22(27)16-7-9-19(10-8-16)29-14-21(26)24-17-5-4-6-20(12-17)28-3/h4-10,12,15,18H,11,13-14,23H2,1-3H3,(H,24,26)(H,25,27). The molecule has 1 unspecified atom stereocenters. The number of carbonyl (C=O) groups excluding carboxylic acids is 2. The van der Waals surface area contributed by atoms with Gasteiger partial charge in [-0.25, -0.2) is 0 Å². The molecule has 0 aliphatic carbocycles. The van der Waals surface area contributed by atoms with Crippen molar-refractivity contribution >= 4 is 17.5 Å². The molecule has 7 nitrogen and oxygen atoms in total.